The Kier molecular flexibility index (Phi) is 4.48. The van der Waals surface area contributed by atoms with Crippen LogP contribution in [0.4, 0.5) is 8.78 Å². The molecule has 1 aromatic carbocycles. The summed E-state index contributed by atoms with van der Waals surface area (Å²) in [5, 5.41) is 0. The van der Waals surface area contributed by atoms with Crippen molar-refractivity contribution in [3.63, 3.8) is 0 Å². The monoisotopic (exact) mass is 251 g/mol. The van der Waals surface area contributed by atoms with Gasteiger partial charge in [-0.1, -0.05) is 24.1 Å². The Labute approximate surface area is 107 Å². The van der Waals surface area contributed by atoms with Crippen molar-refractivity contribution in [2.75, 3.05) is 0 Å². The number of benzene rings is 1. The Morgan fingerprint density at radius 3 is 2.78 bits per heavy atom. The molecule has 2 rings (SSSR count). The Bertz CT molecular complexity index is 440. The van der Waals surface area contributed by atoms with Crippen molar-refractivity contribution in [3.8, 4) is 0 Å². The lowest BCUT2D eigenvalue weighted by molar-refractivity contribution is 0.564. The Morgan fingerprint density at radius 2 is 2.00 bits per heavy atom. The molecule has 1 atom stereocenters. The van der Waals surface area contributed by atoms with Crippen molar-refractivity contribution in [1.29, 1.82) is 0 Å². The van der Waals surface area contributed by atoms with Crippen LogP contribution in [0.3, 0.4) is 0 Å². The maximum absolute atomic E-state index is 13.5. The number of hydrogen-bond donors (Lipinski definition) is 1. The largest absolute Gasteiger partial charge is 0.324 e. The highest BCUT2D eigenvalue weighted by Gasteiger charge is 2.14. The highest BCUT2D eigenvalue weighted by Crippen LogP contribution is 2.21. The first-order chi connectivity index (χ1) is 8.66. The van der Waals surface area contributed by atoms with E-state index in [1.165, 1.54) is 30.5 Å². The predicted molar refractivity (Wildman–Crippen MR) is 69.2 cm³/mol. The van der Waals surface area contributed by atoms with Gasteiger partial charge in [0, 0.05) is 12.1 Å². The van der Waals surface area contributed by atoms with E-state index >= 15 is 0 Å². The molecule has 0 saturated carbocycles. The lowest BCUT2D eigenvalue weighted by Gasteiger charge is -2.15. The minimum atomic E-state index is -0.543. The van der Waals surface area contributed by atoms with E-state index < -0.39 is 11.6 Å². The van der Waals surface area contributed by atoms with Gasteiger partial charge in [0.1, 0.15) is 11.6 Å². The van der Waals surface area contributed by atoms with Crippen LogP contribution in [-0.2, 0) is 6.42 Å². The predicted octanol–water partition coefficient (Wildman–Crippen LogP) is 3.73. The number of nitrogens with two attached hydrogens (primary N) is 1. The Balaban J connectivity index is 2.05. The molecule has 2 N–H and O–H groups in total. The van der Waals surface area contributed by atoms with E-state index in [-0.39, 0.29) is 6.04 Å². The minimum Gasteiger partial charge on any atom is -0.324 e. The summed E-state index contributed by atoms with van der Waals surface area (Å²) in [5.41, 5.74) is 7.84. The second-order valence-electron chi connectivity index (χ2n) is 4.92. The van der Waals surface area contributed by atoms with E-state index in [0.717, 1.165) is 25.3 Å². The van der Waals surface area contributed by atoms with Gasteiger partial charge in [-0.15, -0.1) is 0 Å². The fourth-order valence-electron chi connectivity index (χ4n) is 2.43. The van der Waals surface area contributed by atoms with E-state index in [0.29, 0.717) is 12.0 Å². The van der Waals surface area contributed by atoms with E-state index in [4.69, 9.17) is 5.73 Å². The fourth-order valence-corrected chi connectivity index (χ4v) is 2.43. The van der Waals surface area contributed by atoms with Crippen LogP contribution in [0.2, 0.25) is 0 Å². The molecule has 0 aromatic heterocycles. The average Bonchev–Trinajstić information content (AvgIpc) is 2.61. The summed E-state index contributed by atoms with van der Waals surface area (Å²) in [5.74, 6) is -1.04. The molecule has 0 radical (unpaired) electrons. The van der Waals surface area contributed by atoms with Crippen molar-refractivity contribution >= 4 is 0 Å². The van der Waals surface area contributed by atoms with Crippen LogP contribution in [0.15, 0.2) is 29.8 Å². The third-order valence-electron chi connectivity index (χ3n) is 3.51. The summed E-state index contributed by atoms with van der Waals surface area (Å²) >= 11 is 0. The SMILES string of the molecule is NC(Cc1ccc(F)cc1F)C1=CCCCCC1. The topological polar surface area (TPSA) is 26.0 Å². The van der Waals surface area contributed by atoms with Crippen molar-refractivity contribution in [1.82, 2.24) is 0 Å². The zero-order chi connectivity index (χ0) is 13.0. The molecule has 0 spiro atoms. The van der Waals surface area contributed by atoms with Crippen LogP contribution in [0, 0.1) is 11.6 Å². The molecule has 0 fully saturated rings. The summed E-state index contributed by atoms with van der Waals surface area (Å²) in [6.07, 6.45) is 8.31. The first-order valence-corrected chi connectivity index (χ1v) is 6.55. The molecule has 1 unspecified atom stereocenters. The van der Waals surface area contributed by atoms with Gasteiger partial charge in [0.15, 0.2) is 0 Å². The van der Waals surface area contributed by atoms with Crippen LogP contribution in [0.1, 0.15) is 37.7 Å². The van der Waals surface area contributed by atoms with E-state index in [1.54, 1.807) is 0 Å². The lowest BCUT2D eigenvalue weighted by atomic mass is 9.96. The Hall–Kier alpha value is -1.22. The summed E-state index contributed by atoms with van der Waals surface area (Å²) in [6.45, 7) is 0. The van der Waals surface area contributed by atoms with Gasteiger partial charge in [-0.25, -0.2) is 8.78 Å². The smallest absolute Gasteiger partial charge is 0.129 e. The molecule has 0 heterocycles. The van der Waals surface area contributed by atoms with Gasteiger partial charge in [-0.2, -0.15) is 0 Å². The lowest BCUT2D eigenvalue weighted by Crippen LogP contribution is -2.26. The molecule has 0 bridgehead atoms. The molecule has 0 amide bonds. The summed E-state index contributed by atoms with van der Waals surface area (Å²) in [7, 11) is 0. The van der Waals surface area contributed by atoms with E-state index in [1.807, 2.05) is 0 Å². The van der Waals surface area contributed by atoms with Gasteiger partial charge in [-0.05, 0) is 43.7 Å². The second-order valence-corrected chi connectivity index (χ2v) is 4.92. The molecule has 0 saturated heterocycles. The number of halogens is 2. The average molecular weight is 251 g/mol. The van der Waals surface area contributed by atoms with Gasteiger partial charge in [-0.3, -0.25) is 0 Å². The van der Waals surface area contributed by atoms with Crippen molar-refractivity contribution in [2.24, 2.45) is 5.73 Å². The third kappa shape index (κ3) is 3.39. The van der Waals surface area contributed by atoms with Gasteiger partial charge in [0.2, 0.25) is 0 Å². The first kappa shape index (κ1) is 13.2. The highest BCUT2D eigenvalue weighted by molar-refractivity contribution is 5.23. The maximum atomic E-state index is 13.5. The molecule has 1 aromatic rings. The van der Waals surface area contributed by atoms with Gasteiger partial charge >= 0.3 is 0 Å². The summed E-state index contributed by atoms with van der Waals surface area (Å²) < 4.78 is 26.4. The van der Waals surface area contributed by atoms with Gasteiger partial charge in [0.25, 0.3) is 0 Å². The normalized spacial score (nSPS) is 18.1. The molecule has 18 heavy (non-hydrogen) atoms. The van der Waals surface area contributed by atoms with Crippen molar-refractivity contribution in [2.45, 2.75) is 44.6 Å². The molecular formula is C15H19F2N. The maximum Gasteiger partial charge on any atom is 0.129 e. The first-order valence-electron chi connectivity index (χ1n) is 6.55. The molecule has 1 nitrogen and oxygen atoms in total. The van der Waals surface area contributed by atoms with Gasteiger partial charge < -0.3 is 5.73 Å². The molecule has 0 aliphatic heterocycles. The van der Waals surface area contributed by atoms with Crippen LogP contribution in [0.25, 0.3) is 0 Å². The van der Waals surface area contributed by atoms with Crippen LogP contribution >= 0.6 is 0 Å². The quantitative estimate of drug-likeness (QED) is 0.814. The molecular weight excluding hydrogens is 232 g/mol. The van der Waals surface area contributed by atoms with Crippen LogP contribution in [0.5, 0.6) is 0 Å². The van der Waals surface area contributed by atoms with Gasteiger partial charge in [0.05, 0.1) is 0 Å². The number of rotatable bonds is 3. The van der Waals surface area contributed by atoms with Crippen LogP contribution in [-0.4, -0.2) is 6.04 Å². The Morgan fingerprint density at radius 1 is 1.17 bits per heavy atom. The highest BCUT2D eigenvalue weighted by atomic mass is 19.1. The van der Waals surface area contributed by atoms with E-state index in [2.05, 4.69) is 6.08 Å². The van der Waals surface area contributed by atoms with Crippen LogP contribution < -0.4 is 5.73 Å². The zero-order valence-corrected chi connectivity index (χ0v) is 10.5. The molecule has 1 aliphatic rings. The molecule has 98 valence electrons. The summed E-state index contributed by atoms with van der Waals surface area (Å²) in [6, 6.07) is 3.54. The number of allylic oxidation sites excluding steroid dienone is 1. The molecule has 3 heteroatoms. The minimum absolute atomic E-state index is 0.150. The summed E-state index contributed by atoms with van der Waals surface area (Å²) in [4.78, 5) is 0. The number of hydrogen-bond acceptors (Lipinski definition) is 1. The van der Waals surface area contributed by atoms with Crippen molar-refractivity contribution < 1.29 is 8.78 Å². The van der Waals surface area contributed by atoms with E-state index in [9.17, 15) is 8.78 Å². The van der Waals surface area contributed by atoms with Crippen molar-refractivity contribution in [3.05, 3.63) is 47.0 Å². The third-order valence-corrected chi connectivity index (χ3v) is 3.51. The standard InChI is InChI=1S/C15H19F2N/c16-13-8-7-12(14(17)10-13)9-15(18)11-5-3-1-2-4-6-11/h5,7-8,10,15H,1-4,6,9,18H2. The fraction of sp³-hybridized carbons (Fsp3) is 0.467. The molecule has 1 aliphatic carbocycles. The zero-order valence-electron chi connectivity index (χ0n) is 10.5. The second kappa shape index (κ2) is 6.10.